The van der Waals surface area contributed by atoms with Crippen molar-refractivity contribution in [3.05, 3.63) is 59.4 Å². The second kappa shape index (κ2) is 11.4. The van der Waals surface area contributed by atoms with E-state index in [0.717, 1.165) is 54.3 Å². The van der Waals surface area contributed by atoms with Crippen molar-refractivity contribution in [2.45, 2.75) is 57.9 Å². The minimum atomic E-state index is -4.90. The van der Waals surface area contributed by atoms with Gasteiger partial charge in [0, 0.05) is 42.7 Å². The molecular formula is C29H32F4N4O2. The summed E-state index contributed by atoms with van der Waals surface area (Å²) in [5, 5.41) is 3.76. The smallest absolute Gasteiger partial charge is 0.406 e. The highest BCUT2D eigenvalue weighted by atomic mass is 19.4. The van der Waals surface area contributed by atoms with Gasteiger partial charge >= 0.3 is 6.36 Å². The first kappa shape index (κ1) is 27.2. The number of ether oxygens (including phenoxy) is 1. The molecule has 3 aromatic rings. The predicted octanol–water partition coefficient (Wildman–Crippen LogP) is 6.22. The molecule has 0 bridgehead atoms. The predicted molar refractivity (Wildman–Crippen MR) is 143 cm³/mol. The number of nitrogens with zero attached hydrogens (tertiary/aromatic N) is 3. The number of hydrogen-bond acceptors (Lipinski definition) is 5. The second-order valence-corrected chi connectivity index (χ2v) is 10.3. The molecule has 0 aliphatic carbocycles. The first-order chi connectivity index (χ1) is 18.6. The van der Waals surface area contributed by atoms with E-state index in [1.54, 1.807) is 6.07 Å². The van der Waals surface area contributed by atoms with Crippen molar-refractivity contribution in [3.8, 4) is 5.75 Å². The molecule has 208 valence electrons. The van der Waals surface area contributed by atoms with Crippen LogP contribution in [0, 0.1) is 12.7 Å². The van der Waals surface area contributed by atoms with E-state index in [0.29, 0.717) is 17.8 Å². The van der Waals surface area contributed by atoms with Crippen LogP contribution in [-0.4, -0.2) is 54.4 Å². The zero-order valence-corrected chi connectivity index (χ0v) is 21.9. The Morgan fingerprint density at radius 3 is 2.49 bits per heavy atom. The maximum Gasteiger partial charge on any atom is 0.573 e. The highest BCUT2D eigenvalue weighted by Gasteiger charge is 2.31. The SMILES string of the molecule is Cc1cc(N2CCC(N3CCCC3)CC2)nc2ccc(NC(=O)CCc3ccc(OC(F)(F)F)cc3F)cc12. The fourth-order valence-electron chi connectivity index (χ4n) is 5.58. The van der Waals surface area contributed by atoms with Gasteiger partial charge in [-0.05, 0) is 93.6 Å². The van der Waals surface area contributed by atoms with Crippen molar-refractivity contribution in [1.82, 2.24) is 9.88 Å². The van der Waals surface area contributed by atoms with Crippen molar-refractivity contribution >= 4 is 28.3 Å². The highest BCUT2D eigenvalue weighted by Crippen LogP contribution is 2.29. The molecule has 3 heterocycles. The average molecular weight is 545 g/mol. The summed E-state index contributed by atoms with van der Waals surface area (Å²) in [6.07, 6.45) is 0.0365. The van der Waals surface area contributed by atoms with E-state index in [1.807, 2.05) is 19.1 Å². The van der Waals surface area contributed by atoms with E-state index in [4.69, 9.17) is 4.98 Å². The Labute approximate surface area is 224 Å². The molecule has 0 unspecified atom stereocenters. The van der Waals surface area contributed by atoms with Crippen LogP contribution in [0.5, 0.6) is 5.75 Å². The fourth-order valence-corrected chi connectivity index (χ4v) is 5.58. The Bertz CT molecular complexity index is 1330. The van der Waals surface area contributed by atoms with Crippen molar-refractivity contribution < 1.29 is 27.1 Å². The lowest BCUT2D eigenvalue weighted by atomic mass is 10.0. The van der Waals surface area contributed by atoms with Crippen LogP contribution < -0.4 is 15.0 Å². The zero-order chi connectivity index (χ0) is 27.6. The van der Waals surface area contributed by atoms with Gasteiger partial charge in [-0.2, -0.15) is 0 Å². The molecule has 1 N–H and O–H groups in total. The van der Waals surface area contributed by atoms with Crippen molar-refractivity contribution in [2.24, 2.45) is 0 Å². The Hall–Kier alpha value is -3.40. The summed E-state index contributed by atoms with van der Waals surface area (Å²) in [6, 6.07) is 11.2. The molecule has 2 fully saturated rings. The Morgan fingerprint density at radius 2 is 1.79 bits per heavy atom. The quantitative estimate of drug-likeness (QED) is 0.358. The molecule has 6 nitrogen and oxygen atoms in total. The van der Waals surface area contributed by atoms with Crippen LogP contribution in [0.1, 0.15) is 43.2 Å². The number of carbonyl (C=O) groups is 1. The van der Waals surface area contributed by atoms with Crippen LogP contribution >= 0.6 is 0 Å². The number of anilines is 2. The molecule has 5 rings (SSSR count). The van der Waals surface area contributed by atoms with Crippen molar-refractivity contribution in [2.75, 3.05) is 36.4 Å². The maximum absolute atomic E-state index is 14.2. The summed E-state index contributed by atoms with van der Waals surface area (Å²) in [6.45, 7) is 6.46. The number of piperidine rings is 1. The number of benzene rings is 2. The minimum absolute atomic E-state index is 0.0298. The van der Waals surface area contributed by atoms with Crippen LogP contribution in [0.25, 0.3) is 10.9 Å². The number of carbonyl (C=O) groups excluding carboxylic acids is 1. The molecule has 1 aromatic heterocycles. The molecular weight excluding hydrogens is 512 g/mol. The monoisotopic (exact) mass is 544 g/mol. The van der Waals surface area contributed by atoms with Gasteiger partial charge < -0.3 is 19.9 Å². The molecule has 0 radical (unpaired) electrons. The van der Waals surface area contributed by atoms with E-state index < -0.39 is 17.9 Å². The van der Waals surface area contributed by atoms with E-state index in [1.165, 1.54) is 32.0 Å². The summed E-state index contributed by atoms with van der Waals surface area (Å²) in [5.41, 5.74) is 2.66. The summed E-state index contributed by atoms with van der Waals surface area (Å²) < 4.78 is 54.9. The number of halogens is 4. The summed E-state index contributed by atoms with van der Waals surface area (Å²) in [4.78, 5) is 22.4. The summed E-state index contributed by atoms with van der Waals surface area (Å²) in [5.74, 6) is -0.839. The lowest BCUT2D eigenvalue weighted by Crippen LogP contribution is -2.44. The van der Waals surface area contributed by atoms with Crippen LogP contribution in [0.3, 0.4) is 0 Å². The van der Waals surface area contributed by atoms with Gasteiger partial charge in [-0.3, -0.25) is 4.79 Å². The number of likely N-dealkylation sites (tertiary alicyclic amines) is 1. The number of nitrogens with one attached hydrogen (secondary N) is 1. The number of aryl methyl sites for hydroxylation is 2. The van der Waals surface area contributed by atoms with E-state index in [2.05, 4.69) is 25.9 Å². The normalized spacial score (nSPS) is 17.1. The summed E-state index contributed by atoms with van der Waals surface area (Å²) in [7, 11) is 0. The maximum atomic E-state index is 14.2. The third-order valence-electron chi connectivity index (χ3n) is 7.61. The molecule has 0 spiro atoms. The van der Waals surface area contributed by atoms with E-state index in [-0.39, 0.29) is 24.3 Å². The minimum Gasteiger partial charge on any atom is -0.406 e. The number of rotatable bonds is 7. The molecule has 2 aliphatic heterocycles. The number of pyridine rings is 1. The van der Waals surface area contributed by atoms with Gasteiger partial charge in [-0.1, -0.05) is 6.07 Å². The van der Waals surface area contributed by atoms with Gasteiger partial charge in [0.15, 0.2) is 0 Å². The molecule has 39 heavy (non-hydrogen) atoms. The molecule has 2 saturated heterocycles. The second-order valence-electron chi connectivity index (χ2n) is 10.3. The molecule has 2 aliphatic rings. The molecule has 0 saturated carbocycles. The first-order valence-corrected chi connectivity index (χ1v) is 13.4. The molecule has 2 aromatic carbocycles. The molecule has 0 atom stereocenters. The first-order valence-electron chi connectivity index (χ1n) is 13.4. The van der Waals surface area contributed by atoms with Gasteiger partial charge in [0.2, 0.25) is 5.91 Å². The van der Waals surface area contributed by atoms with Crippen LogP contribution in [0.2, 0.25) is 0 Å². The fraction of sp³-hybridized carbons (Fsp3) is 0.448. The Kier molecular flexibility index (Phi) is 7.93. The Morgan fingerprint density at radius 1 is 1.05 bits per heavy atom. The topological polar surface area (TPSA) is 57.7 Å². The van der Waals surface area contributed by atoms with Crippen LogP contribution in [0.15, 0.2) is 42.5 Å². The zero-order valence-electron chi connectivity index (χ0n) is 21.9. The van der Waals surface area contributed by atoms with Crippen LogP contribution in [-0.2, 0) is 11.2 Å². The summed E-state index contributed by atoms with van der Waals surface area (Å²) >= 11 is 0. The van der Waals surface area contributed by atoms with Gasteiger partial charge in [0.05, 0.1) is 5.52 Å². The number of fused-ring (bicyclic) bond motifs is 1. The van der Waals surface area contributed by atoms with Gasteiger partial charge in [-0.25, -0.2) is 9.37 Å². The van der Waals surface area contributed by atoms with Crippen molar-refractivity contribution in [1.29, 1.82) is 0 Å². The lowest BCUT2D eigenvalue weighted by Gasteiger charge is -2.37. The highest BCUT2D eigenvalue weighted by molar-refractivity contribution is 5.94. The molecule has 10 heteroatoms. The van der Waals surface area contributed by atoms with Gasteiger partial charge in [-0.15, -0.1) is 13.2 Å². The van der Waals surface area contributed by atoms with E-state index >= 15 is 0 Å². The number of hydrogen-bond donors (Lipinski definition) is 1. The number of aromatic nitrogens is 1. The van der Waals surface area contributed by atoms with E-state index in [9.17, 15) is 22.4 Å². The largest absolute Gasteiger partial charge is 0.573 e. The van der Waals surface area contributed by atoms with Crippen LogP contribution in [0.4, 0.5) is 29.1 Å². The van der Waals surface area contributed by atoms with Gasteiger partial charge in [0.1, 0.15) is 17.4 Å². The lowest BCUT2D eigenvalue weighted by molar-refractivity contribution is -0.274. The van der Waals surface area contributed by atoms with Gasteiger partial charge in [0.25, 0.3) is 0 Å². The standard InChI is InChI=1S/C29H32F4N4O2/c1-19-16-27(37-14-10-22(11-15-37)36-12-2-3-13-36)35-26-8-6-21(17-24(19)26)34-28(38)9-5-20-4-7-23(18-25(20)30)39-29(31,32)33/h4,6-8,16-18,22H,2-3,5,9-15H2,1H3,(H,34,38). The third kappa shape index (κ3) is 6.79. The third-order valence-corrected chi connectivity index (χ3v) is 7.61. The molecule has 1 amide bonds. The average Bonchev–Trinajstić information content (AvgIpc) is 3.43. The Balaban J connectivity index is 1.18. The van der Waals surface area contributed by atoms with Crippen molar-refractivity contribution in [3.63, 3.8) is 0 Å². The number of alkyl halides is 3. The number of amides is 1.